The van der Waals surface area contributed by atoms with Gasteiger partial charge in [-0.05, 0) is 68.6 Å². The van der Waals surface area contributed by atoms with E-state index in [4.69, 9.17) is 14.2 Å². The molecule has 1 amide bonds. The number of nitrogens with one attached hydrogen (secondary N) is 1. The molecule has 1 saturated heterocycles. The van der Waals surface area contributed by atoms with Gasteiger partial charge < -0.3 is 29.5 Å². The van der Waals surface area contributed by atoms with Gasteiger partial charge in [-0.2, -0.15) is 0 Å². The fourth-order valence-electron chi connectivity index (χ4n) is 4.32. The largest absolute Gasteiger partial charge is 0.494 e. The summed E-state index contributed by atoms with van der Waals surface area (Å²) in [6.07, 6.45) is 3.41. The second kappa shape index (κ2) is 11.9. The van der Waals surface area contributed by atoms with Crippen molar-refractivity contribution >= 4 is 5.91 Å². The van der Waals surface area contributed by atoms with Gasteiger partial charge in [-0.15, -0.1) is 0 Å². The molecule has 4 rings (SSSR count). The Labute approximate surface area is 195 Å². The van der Waals surface area contributed by atoms with Gasteiger partial charge in [-0.1, -0.05) is 24.3 Å². The first-order valence-corrected chi connectivity index (χ1v) is 12.0. The van der Waals surface area contributed by atoms with Crippen LogP contribution >= 0.6 is 0 Å². The molecule has 0 aliphatic carbocycles. The number of amides is 1. The van der Waals surface area contributed by atoms with Gasteiger partial charge in [0.1, 0.15) is 25.1 Å². The maximum absolute atomic E-state index is 12.7. The number of benzene rings is 2. The second-order valence-electron chi connectivity index (χ2n) is 8.65. The first-order valence-electron chi connectivity index (χ1n) is 12.0. The van der Waals surface area contributed by atoms with Crippen molar-refractivity contribution in [3.63, 3.8) is 0 Å². The first kappa shape index (κ1) is 23.4. The van der Waals surface area contributed by atoms with E-state index in [0.29, 0.717) is 44.3 Å². The van der Waals surface area contributed by atoms with E-state index >= 15 is 0 Å². The monoisotopic (exact) mass is 454 g/mol. The van der Waals surface area contributed by atoms with E-state index in [2.05, 4.69) is 10.2 Å². The molecule has 2 N–H and O–H groups in total. The maximum atomic E-state index is 12.7. The lowest BCUT2D eigenvalue weighted by molar-refractivity contribution is -0.123. The van der Waals surface area contributed by atoms with Crippen molar-refractivity contribution in [1.82, 2.24) is 10.2 Å². The number of fused-ring (bicyclic) bond motifs is 1. The van der Waals surface area contributed by atoms with Crippen molar-refractivity contribution in [2.24, 2.45) is 0 Å². The number of carbonyl (C=O) groups is 1. The van der Waals surface area contributed by atoms with E-state index in [-0.39, 0.29) is 5.91 Å². The lowest BCUT2D eigenvalue weighted by Crippen LogP contribution is -2.46. The average Bonchev–Trinajstić information content (AvgIpc) is 3.36. The van der Waals surface area contributed by atoms with Crippen LogP contribution in [-0.4, -0.2) is 61.4 Å². The molecule has 33 heavy (non-hydrogen) atoms. The molecule has 7 heteroatoms. The number of aliphatic hydroxyl groups is 1. The highest BCUT2D eigenvalue weighted by atomic mass is 16.6. The average molecular weight is 455 g/mol. The van der Waals surface area contributed by atoms with Gasteiger partial charge in [-0.25, -0.2) is 0 Å². The summed E-state index contributed by atoms with van der Waals surface area (Å²) in [4.78, 5) is 15.0. The third kappa shape index (κ3) is 6.85. The molecule has 0 aromatic heterocycles. The number of carbonyl (C=O) groups excluding carboxylic acids is 1. The van der Waals surface area contributed by atoms with Crippen LogP contribution in [0.15, 0.2) is 48.5 Å². The van der Waals surface area contributed by atoms with Crippen LogP contribution in [0.2, 0.25) is 0 Å². The summed E-state index contributed by atoms with van der Waals surface area (Å²) in [5.74, 6) is 2.13. The number of nitrogens with zero attached hydrogens (tertiary/aromatic N) is 1. The Kier molecular flexibility index (Phi) is 8.44. The van der Waals surface area contributed by atoms with Gasteiger partial charge >= 0.3 is 0 Å². The molecule has 0 radical (unpaired) electrons. The van der Waals surface area contributed by atoms with E-state index in [0.717, 1.165) is 50.1 Å². The zero-order chi connectivity index (χ0) is 22.9. The number of ether oxygens (including phenoxy) is 3. The number of hydrogen-bond donors (Lipinski definition) is 2. The molecule has 1 fully saturated rings. The molecule has 2 aromatic rings. The number of aliphatic hydroxyl groups excluding tert-OH is 1. The minimum absolute atomic E-state index is 0.0458. The molecule has 178 valence electrons. The van der Waals surface area contributed by atoms with Crippen molar-refractivity contribution in [1.29, 1.82) is 0 Å². The van der Waals surface area contributed by atoms with Crippen LogP contribution < -0.4 is 19.5 Å². The molecule has 0 saturated carbocycles. The highest BCUT2D eigenvalue weighted by molar-refractivity contribution is 5.76. The normalized spacial score (nSPS) is 17.4. The zero-order valence-electron chi connectivity index (χ0n) is 19.1. The quantitative estimate of drug-likeness (QED) is 0.507. The Morgan fingerprint density at radius 2 is 1.79 bits per heavy atom. The molecular formula is C26H34N2O5. The summed E-state index contributed by atoms with van der Waals surface area (Å²) >= 11 is 0. The Bertz CT molecular complexity index is 886. The minimum Gasteiger partial charge on any atom is -0.494 e. The van der Waals surface area contributed by atoms with Gasteiger partial charge in [0.25, 0.3) is 0 Å². The van der Waals surface area contributed by atoms with Gasteiger partial charge in [0.2, 0.25) is 5.91 Å². The van der Waals surface area contributed by atoms with E-state index in [1.807, 2.05) is 48.5 Å². The molecule has 0 spiro atoms. The van der Waals surface area contributed by atoms with Crippen molar-refractivity contribution in [3.05, 3.63) is 54.1 Å². The Hall–Kier alpha value is -2.77. The molecule has 2 aliphatic rings. The van der Waals surface area contributed by atoms with Gasteiger partial charge in [-0.3, -0.25) is 4.79 Å². The fraction of sp³-hybridized carbons (Fsp3) is 0.500. The Morgan fingerprint density at radius 3 is 2.58 bits per heavy atom. The topological polar surface area (TPSA) is 80.3 Å². The van der Waals surface area contributed by atoms with Crippen LogP contribution in [0.5, 0.6) is 17.2 Å². The van der Waals surface area contributed by atoms with Crippen molar-refractivity contribution in [2.45, 2.75) is 44.2 Å². The predicted octanol–water partition coefficient (Wildman–Crippen LogP) is 3.32. The van der Waals surface area contributed by atoms with Gasteiger partial charge in [0.15, 0.2) is 11.5 Å². The van der Waals surface area contributed by atoms with Crippen LogP contribution in [0.25, 0.3) is 0 Å². The predicted molar refractivity (Wildman–Crippen MR) is 126 cm³/mol. The van der Waals surface area contributed by atoms with Crippen LogP contribution in [0, 0.1) is 0 Å². The van der Waals surface area contributed by atoms with E-state index < -0.39 is 12.1 Å². The number of likely N-dealkylation sites (tertiary alicyclic amines) is 1. The van der Waals surface area contributed by atoms with Crippen LogP contribution in [0.3, 0.4) is 0 Å². The molecular weight excluding hydrogens is 420 g/mol. The Morgan fingerprint density at radius 1 is 1.03 bits per heavy atom. The van der Waals surface area contributed by atoms with Crippen molar-refractivity contribution in [3.8, 4) is 17.2 Å². The number of para-hydroxylation sites is 1. The summed E-state index contributed by atoms with van der Waals surface area (Å²) in [6.45, 7) is 4.22. The number of hydrogen-bond acceptors (Lipinski definition) is 6. The minimum atomic E-state index is -0.827. The zero-order valence-corrected chi connectivity index (χ0v) is 19.1. The summed E-state index contributed by atoms with van der Waals surface area (Å²) in [5.41, 5.74) is 0.722. The standard InChI is InChI=1S/C26H34N2O5/c29-25(10-4-7-15-31-21-8-2-1-3-9-21)27-22(19-28-13-5-6-14-28)26(30)20-11-12-23-24(18-20)33-17-16-32-23/h1-3,8-9,11-12,18,22,26,30H,4-7,10,13-17,19H2,(H,27,29). The van der Waals surface area contributed by atoms with Crippen LogP contribution in [-0.2, 0) is 4.79 Å². The summed E-state index contributed by atoms with van der Waals surface area (Å²) < 4.78 is 17.0. The number of rotatable bonds is 11. The first-order chi connectivity index (χ1) is 16.2. The second-order valence-corrected chi connectivity index (χ2v) is 8.65. The van der Waals surface area contributed by atoms with E-state index in [1.54, 1.807) is 0 Å². The molecule has 7 nitrogen and oxygen atoms in total. The molecule has 2 heterocycles. The third-order valence-corrected chi connectivity index (χ3v) is 6.10. The lowest BCUT2D eigenvalue weighted by atomic mass is 10.0. The molecule has 2 aromatic carbocycles. The third-order valence-electron chi connectivity index (χ3n) is 6.10. The summed E-state index contributed by atoms with van der Waals surface area (Å²) in [6, 6.07) is 14.8. The van der Waals surface area contributed by atoms with Crippen LogP contribution in [0.4, 0.5) is 0 Å². The molecule has 2 unspecified atom stereocenters. The highest BCUT2D eigenvalue weighted by Gasteiger charge is 2.27. The van der Waals surface area contributed by atoms with Crippen molar-refractivity contribution < 1.29 is 24.1 Å². The maximum Gasteiger partial charge on any atom is 0.220 e. The lowest BCUT2D eigenvalue weighted by Gasteiger charge is -2.29. The SMILES string of the molecule is O=C(CCCCOc1ccccc1)NC(CN1CCCC1)C(O)c1ccc2c(c1)OCCO2. The van der Waals surface area contributed by atoms with Gasteiger partial charge in [0, 0.05) is 13.0 Å². The summed E-state index contributed by atoms with van der Waals surface area (Å²) in [7, 11) is 0. The number of unbranched alkanes of at least 4 members (excludes halogenated alkanes) is 1. The van der Waals surface area contributed by atoms with Crippen LogP contribution in [0.1, 0.15) is 43.8 Å². The van der Waals surface area contributed by atoms with E-state index in [1.165, 1.54) is 0 Å². The van der Waals surface area contributed by atoms with Gasteiger partial charge in [0.05, 0.1) is 12.6 Å². The highest BCUT2D eigenvalue weighted by Crippen LogP contribution is 2.33. The van der Waals surface area contributed by atoms with Crippen molar-refractivity contribution in [2.75, 3.05) is 39.5 Å². The molecule has 2 aliphatic heterocycles. The summed E-state index contributed by atoms with van der Waals surface area (Å²) in [5, 5.41) is 14.3. The fourth-order valence-corrected chi connectivity index (χ4v) is 4.32. The van der Waals surface area contributed by atoms with E-state index in [9.17, 15) is 9.90 Å². The molecule has 2 atom stereocenters. The molecule has 0 bridgehead atoms. The Balaban J connectivity index is 1.30. The smallest absolute Gasteiger partial charge is 0.220 e.